The molecule has 0 aliphatic carbocycles. The molecule has 0 radical (unpaired) electrons. The molecule has 3 nitrogen and oxygen atoms in total. The summed E-state index contributed by atoms with van der Waals surface area (Å²) in [4.78, 5) is 0. The van der Waals surface area contributed by atoms with Gasteiger partial charge in [-0.15, -0.1) is 0 Å². The summed E-state index contributed by atoms with van der Waals surface area (Å²) in [6.07, 6.45) is 13.7. The zero-order valence-corrected chi connectivity index (χ0v) is 17.5. The van der Waals surface area contributed by atoms with Crippen molar-refractivity contribution in [2.24, 2.45) is 7.05 Å². The van der Waals surface area contributed by atoms with Gasteiger partial charge in [-0.25, -0.2) is 9.13 Å². The summed E-state index contributed by atoms with van der Waals surface area (Å²) in [5, 5.41) is 0. The molecule has 1 heterocycles. The number of aryl methyl sites for hydroxylation is 2. The quantitative estimate of drug-likeness (QED) is 0.318. The molecule has 2 aromatic rings. The average Bonchev–Trinajstić information content (AvgIpc) is 2.86. The van der Waals surface area contributed by atoms with Crippen LogP contribution < -0.4 is 4.57 Å². The Labute approximate surface area is 160 Å². The summed E-state index contributed by atoms with van der Waals surface area (Å²) in [5.41, 5.74) is 3.84. The minimum absolute atomic E-state index is 0.657. The van der Waals surface area contributed by atoms with Crippen molar-refractivity contribution < 1.29 is 9.30 Å². The maximum Gasteiger partial charge on any atom is 0.255 e. The summed E-state index contributed by atoms with van der Waals surface area (Å²) >= 11 is 0. The summed E-state index contributed by atoms with van der Waals surface area (Å²) < 4.78 is 10.5. The van der Waals surface area contributed by atoms with Crippen molar-refractivity contribution in [3.8, 4) is 0 Å². The highest BCUT2D eigenvalue weighted by atomic mass is 16.5. The zero-order chi connectivity index (χ0) is 18.8. The predicted molar refractivity (Wildman–Crippen MR) is 110 cm³/mol. The fourth-order valence-electron chi connectivity index (χ4n) is 3.67. The van der Waals surface area contributed by atoms with E-state index in [0.29, 0.717) is 6.73 Å². The smallest absolute Gasteiger partial charge is 0.255 e. The van der Waals surface area contributed by atoms with Crippen LogP contribution in [-0.4, -0.2) is 11.2 Å². The van der Waals surface area contributed by atoms with Crippen LogP contribution in [0.1, 0.15) is 82.5 Å². The number of imidazole rings is 1. The van der Waals surface area contributed by atoms with Crippen LogP contribution in [-0.2, 0) is 18.5 Å². The topological polar surface area (TPSA) is 18.0 Å². The van der Waals surface area contributed by atoms with Gasteiger partial charge in [-0.3, -0.25) is 0 Å². The molecule has 1 aromatic heterocycles. The second-order valence-corrected chi connectivity index (χ2v) is 7.75. The molecule has 0 saturated heterocycles. The van der Waals surface area contributed by atoms with Crippen LogP contribution in [0.3, 0.4) is 0 Å². The Morgan fingerprint density at radius 3 is 2.15 bits per heavy atom. The van der Waals surface area contributed by atoms with Gasteiger partial charge in [-0.05, 0) is 31.0 Å². The van der Waals surface area contributed by atoms with Crippen molar-refractivity contribution in [1.29, 1.82) is 0 Å². The predicted octanol–water partition coefficient (Wildman–Crippen LogP) is 5.98. The van der Waals surface area contributed by atoms with Gasteiger partial charge >= 0.3 is 0 Å². The van der Waals surface area contributed by atoms with Crippen LogP contribution in [0.4, 0.5) is 0 Å². The largest absolute Gasteiger partial charge is 0.342 e. The molecular weight excluding hydrogens is 320 g/mol. The number of fused-ring (bicyclic) bond motifs is 1. The van der Waals surface area contributed by atoms with Gasteiger partial charge in [0.05, 0.1) is 13.7 Å². The van der Waals surface area contributed by atoms with E-state index in [2.05, 4.69) is 55.2 Å². The number of nitrogens with zero attached hydrogens (tertiary/aromatic N) is 2. The van der Waals surface area contributed by atoms with Crippen molar-refractivity contribution in [2.45, 2.75) is 91.7 Å². The van der Waals surface area contributed by atoms with Gasteiger partial charge in [-0.2, -0.15) is 0 Å². The molecule has 0 aliphatic heterocycles. The van der Waals surface area contributed by atoms with Gasteiger partial charge in [0.2, 0.25) is 0 Å². The van der Waals surface area contributed by atoms with Crippen molar-refractivity contribution in [2.75, 3.05) is 6.61 Å². The van der Waals surface area contributed by atoms with Crippen LogP contribution in [0.2, 0.25) is 0 Å². The summed E-state index contributed by atoms with van der Waals surface area (Å²) in [7, 11) is 2.13. The third-order valence-electron chi connectivity index (χ3n) is 5.52. The lowest BCUT2D eigenvalue weighted by Gasteiger charge is -2.04. The molecule has 0 amide bonds. The van der Waals surface area contributed by atoms with Crippen molar-refractivity contribution >= 4 is 11.0 Å². The number of hydrogen-bond donors (Lipinski definition) is 0. The Morgan fingerprint density at radius 2 is 1.50 bits per heavy atom. The van der Waals surface area contributed by atoms with Crippen molar-refractivity contribution in [3.63, 3.8) is 0 Å². The van der Waals surface area contributed by atoms with Crippen molar-refractivity contribution in [3.05, 3.63) is 29.6 Å². The first-order chi connectivity index (χ1) is 12.6. The Kier molecular flexibility index (Phi) is 9.17. The number of ether oxygens (including phenoxy) is 1. The molecule has 1 aromatic carbocycles. The van der Waals surface area contributed by atoms with Crippen LogP contribution in [0, 0.1) is 13.8 Å². The lowest BCUT2D eigenvalue weighted by Crippen LogP contribution is -2.31. The SMILES string of the molecule is CCCCCCCCCCCCOCn1c(C)[n+](C)c2ccc(C)cc21. The Morgan fingerprint density at radius 1 is 0.885 bits per heavy atom. The number of unbranched alkanes of at least 4 members (excludes halogenated alkanes) is 9. The average molecular weight is 360 g/mol. The number of benzene rings is 1. The lowest BCUT2D eigenvalue weighted by molar-refractivity contribution is -0.652. The van der Waals surface area contributed by atoms with E-state index < -0.39 is 0 Å². The lowest BCUT2D eigenvalue weighted by atomic mass is 10.1. The van der Waals surface area contributed by atoms with Crippen LogP contribution in [0.15, 0.2) is 18.2 Å². The molecule has 2 rings (SSSR count). The normalized spacial score (nSPS) is 11.5. The zero-order valence-electron chi connectivity index (χ0n) is 17.5. The van der Waals surface area contributed by atoms with Gasteiger partial charge < -0.3 is 4.74 Å². The summed E-state index contributed by atoms with van der Waals surface area (Å²) in [6.45, 7) is 8.12. The second-order valence-electron chi connectivity index (χ2n) is 7.75. The first-order valence-electron chi connectivity index (χ1n) is 10.7. The van der Waals surface area contributed by atoms with E-state index in [4.69, 9.17) is 4.74 Å². The highest BCUT2D eigenvalue weighted by Gasteiger charge is 2.18. The molecule has 26 heavy (non-hydrogen) atoms. The van der Waals surface area contributed by atoms with E-state index in [1.54, 1.807) is 0 Å². The van der Waals surface area contributed by atoms with Crippen molar-refractivity contribution in [1.82, 2.24) is 4.57 Å². The van der Waals surface area contributed by atoms with E-state index >= 15 is 0 Å². The molecule has 0 spiro atoms. The van der Waals surface area contributed by atoms with Gasteiger partial charge in [0, 0.05) is 6.92 Å². The minimum atomic E-state index is 0.657. The minimum Gasteiger partial charge on any atom is -0.342 e. The van der Waals surface area contributed by atoms with E-state index in [1.807, 2.05) is 0 Å². The highest BCUT2D eigenvalue weighted by molar-refractivity contribution is 5.73. The van der Waals surface area contributed by atoms with E-state index in [-0.39, 0.29) is 0 Å². The first-order valence-corrected chi connectivity index (χ1v) is 10.7. The molecule has 0 aliphatic rings. The third kappa shape index (κ3) is 6.12. The number of hydrogen-bond acceptors (Lipinski definition) is 1. The molecule has 0 bridgehead atoms. The van der Waals surface area contributed by atoms with Gasteiger partial charge in [0.25, 0.3) is 5.82 Å². The summed E-state index contributed by atoms with van der Waals surface area (Å²) in [6, 6.07) is 6.64. The fourth-order valence-corrected chi connectivity index (χ4v) is 3.67. The molecule has 0 unspecified atom stereocenters. The van der Waals surface area contributed by atoms with Gasteiger partial charge in [0.1, 0.15) is 0 Å². The third-order valence-corrected chi connectivity index (χ3v) is 5.52. The van der Waals surface area contributed by atoms with Crippen LogP contribution in [0.5, 0.6) is 0 Å². The highest BCUT2D eigenvalue weighted by Crippen LogP contribution is 2.16. The first kappa shape index (κ1) is 21.0. The second kappa shape index (κ2) is 11.4. The molecule has 0 N–H and O–H groups in total. The van der Waals surface area contributed by atoms with Gasteiger partial charge in [0.15, 0.2) is 17.8 Å². The van der Waals surface area contributed by atoms with Gasteiger partial charge in [-0.1, -0.05) is 70.8 Å². The maximum absolute atomic E-state index is 5.98. The summed E-state index contributed by atoms with van der Waals surface area (Å²) in [5.74, 6) is 1.24. The number of aromatic nitrogens is 2. The standard InChI is InChI=1S/C23H39N2O/c1-5-6-7-8-9-10-11-12-13-14-17-26-19-25-21(3)24(4)22-16-15-20(2)18-23(22)25/h15-16,18H,5-14,17,19H2,1-4H3/q+1. The molecule has 0 fully saturated rings. The Hall–Kier alpha value is -1.35. The van der Waals surface area contributed by atoms with E-state index in [9.17, 15) is 0 Å². The number of rotatable bonds is 13. The van der Waals surface area contributed by atoms with E-state index in [0.717, 1.165) is 6.61 Å². The molecule has 0 saturated carbocycles. The monoisotopic (exact) mass is 359 g/mol. The molecule has 146 valence electrons. The molecular formula is C23H39N2O+. The fraction of sp³-hybridized carbons (Fsp3) is 0.696. The maximum atomic E-state index is 5.98. The molecule has 0 atom stereocenters. The van der Waals surface area contributed by atoms with Crippen LogP contribution in [0.25, 0.3) is 11.0 Å². The Balaban J connectivity index is 1.61. The van der Waals surface area contributed by atoms with E-state index in [1.165, 1.54) is 86.6 Å². The Bertz CT molecular complexity index is 660. The van der Waals surface area contributed by atoms with Crippen LogP contribution >= 0.6 is 0 Å². The molecule has 3 heteroatoms.